The molecule has 0 aliphatic heterocycles. The molecule has 0 fully saturated rings. The third kappa shape index (κ3) is 2.99. The number of hydrogen-bond acceptors (Lipinski definition) is 3. The first-order valence-corrected chi connectivity index (χ1v) is 5.59. The van der Waals surface area contributed by atoms with Crippen LogP contribution < -0.4 is 5.32 Å². The summed E-state index contributed by atoms with van der Waals surface area (Å²) in [6.45, 7) is 0. The smallest absolute Gasteiger partial charge is 0.308 e. The molecule has 0 saturated heterocycles. The predicted octanol–water partition coefficient (Wildman–Crippen LogP) is 3.26. The molecule has 0 atom stereocenters. The van der Waals surface area contributed by atoms with Crippen LogP contribution in [0.1, 0.15) is 10.4 Å². The van der Waals surface area contributed by atoms with Crippen molar-refractivity contribution in [1.29, 1.82) is 0 Å². The summed E-state index contributed by atoms with van der Waals surface area (Å²) in [5, 5.41) is 12.6. The standard InChI is InChI=1S/C13H7F3N2O3/c14-7-5-8(12(16)11(6-7)18(20)21)13(19)17-10-4-2-1-3-9(10)15/h1-6H,(H,17,19). The predicted molar refractivity (Wildman–Crippen MR) is 67.4 cm³/mol. The van der Waals surface area contributed by atoms with Gasteiger partial charge in [-0.15, -0.1) is 0 Å². The minimum atomic E-state index is -1.49. The summed E-state index contributed by atoms with van der Waals surface area (Å²) in [5.74, 6) is -4.62. The van der Waals surface area contributed by atoms with E-state index in [9.17, 15) is 28.1 Å². The average Bonchev–Trinajstić information content (AvgIpc) is 2.43. The van der Waals surface area contributed by atoms with Crippen LogP contribution in [0.3, 0.4) is 0 Å². The number of nitro groups is 1. The van der Waals surface area contributed by atoms with E-state index in [0.29, 0.717) is 12.1 Å². The topological polar surface area (TPSA) is 72.2 Å². The van der Waals surface area contributed by atoms with Crippen LogP contribution in [0.5, 0.6) is 0 Å². The number of carbonyl (C=O) groups excluding carboxylic acids is 1. The van der Waals surface area contributed by atoms with Gasteiger partial charge in [0.2, 0.25) is 5.82 Å². The molecular formula is C13H7F3N2O3. The van der Waals surface area contributed by atoms with Gasteiger partial charge in [0.15, 0.2) is 0 Å². The van der Waals surface area contributed by atoms with Crippen LogP contribution in [0.2, 0.25) is 0 Å². The molecule has 0 aliphatic carbocycles. The van der Waals surface area contributed by atoms with Crippen molar-refractivity contribution in [3.63, 3.8) is 0 Å². The van der Waals surface area contributed by atoms with E-state index in [4.69, 9.17) is 0 Å². The fourth-order valence-corrected chi connectivity index (χ4v) is 1.63. The maximum absolute atomic E-state index is 13.8. The fourth-order valence-electron chi connectivity index (χ4n) is 1.63. The first-order chi connectivity index (χ1) is 9.90. The summed E-state index contributed by atoms with van der Waals surface area (Å²) in [6, 6.07) is 5.91. The van der Waals surface area contributed by atoms with Crippen LogP contribution in [-0.4, -0.2) is 10.8 Å². The van der Waals surface area contributed by atoms with Crippen molar-refractivity contribution in [2.75, 3.05) is 5.32 Å². The Labute approximate surface area is 116 Å². The minimum absolute atomic E-state index is 0.256. The third-order valence-electron chi connectivity index (χ3n) is 2.58. The van der Waals surface area contributed by atoms with Gasteiger partial charge in [0.25, 0.3) is 5.91 Å². The van der Waals surface area contributed by atoms with Crippen LogP contribution in [-0.2, 0) is 0 Å². The summed E-state index contributed by atoms with van der Waals surface area (Å²) in [5.41, 5.74) is -2.31. The van der Waals surface area contributed by atoms with E-state index in [1.807, 2.05) is 5.32 Å². The average molecular weight is 296 g/mol. The van der Waals surface area contributed by atoms with Crippen LogP contribution >= 0.6 is 0 Å². The number of amides is 1. The molecule has 0 radical (unpaired) electrons. The van der Waals surface area contributed by atoms with Crippen molar-refractivity contribution in [1.82, 2.24) is 0 Å². The molecule has 2 rings (SSSR count). The Bertz CT molecular complexity index is 735. The summed E-state index contributed by atoms with van der Waals surface area (Å²) in [4.78, 5) is 21.2. The minimum Gasteiger partial charge on any atom is -0.319 e. The van der Waals surface area contributed by atoms with Crippen molar-refractivity contribution in [2.24, 2.45) is 0 Å². The molecule has 5 nitrogen and oxygen atoms in total. The molecule has 1 amide bonds. The highest BCUT2D eigenvalue weighted by Crippen LogP contribution is 2.23. The van der Waals surface area contributed by atoms with Crippen molar-refractivity contribution >= 4 is 17.3 Å². The monoisotopic (exact) mass is 296 g/mol. The van der Waals surface area contributed by atoms with Crippen LogP contribution in [0.25, 0.3) is 0 Å². The van der Waals surface area contributed by atoms with Crippen LogP contribution in [0.15, 0.2) is 36.4 Å². The van der Waals surface area contributed by atoms with Gasteiger partial charge in [-0.3, -0.25) is 14.9 Å². The Kier molecular flexibility index (Phi) is 3.88. The molecule has 0 saturated carbocycles. The summed E-state index contributed by atoms with van der Waals surface area (Å²) in [6.07, 6.45) is 0. The first-order valence-electron chi connectivity index (χ1n) is 5.59. The van der Waals surface area contributed by atoms with Gasteiger partial charge in [0.05, 0.1) is 22.2 Å². The molecule has 0 unspecified atom stereocenters. The van der Waals surface area contributed by atoms with E-state index in [0.717, 1.165) is 6.07 Å². The van der Waals surface area contributed by atoms with Gasteiger partial charge in [-0.05, 0) is 18.2 Å². The number of nitrogens with one attached hydrogen (secondary N) is 1. The van der Waals surface area contributed by atoms with Gasteiger partial charge >= 0.3 is 5.69 Å². The number of anilines is 1. The molecule has 0 aromatic heterocycles. The number of nitro benzene ring substituents is 1. The number of nitrogens with zero attached hydrogens (tertiary/aromatic N) is 1. The van der Waals surface area contributed by atoms with Gasteiger partial charge in [-0.1, -0.05) is 12.1 Å². The van der Waals surface area contributed by atoms with Crippen LogP contribution in [0, 0.1) is 27.6 Å². The number of para-hydroxylation sites is 1. The zero-order chi connectivity index (χ0) is 15.6. The number of carbonyl (C=O) groups is 1. The lowest BCUT2D eigenvalue weighted by molar-refractivity contribution is -0.387. The normalized spacial score (nSPS) is 10.2. The van der Waals surface area contributed by atoms with E-state index in [1.165, 1.54) is 18.2 Å². The van der Waals surface area contributed by atoms with Crippen molar-refractivity contribution in [2.45, 2.75) is 0 Å². The maximum Gasteiger partial charge on any atom is 0.308 e. The second-order valence-electron chi connectivity index (χ2n) is 3.98. The second-order valence-corrected chi connectivity index (χ2v) is 3.98. The molecular weight excluding hydrogens is 289 g/mol. The van der Waals surface area contributed by atoms with Crippen LogP contribution in [0.4, 0.5) is 24.5 Å². The Hall–Kier alpha value is -2.90. The second kappa shape index (κ2) is 5.61. The largest absolute Gasteiger partial charge is 0.319 e. The lowest BCUT2D eigenvalue weighted by atomic mass is 10.1. The van der Waals surface area contributed by atoms with Crippen molar-refractivity contribution in [3.8, 4) is 0 Å². The molecule has 0 bridgehead atoms. The highest BCUT2D eigenvalue weighted by atomic mass is 19.1. The summed E-state index contributed by atoms with van der Waals surface area (Å²) in [7, 11) is 0. The lowest BCUT2D eigenvalue weighted by Gasteiger charge is -2.07. The molecule has 0 spiro atoms. The van der Waals surface area contributed by atoms with Gasteiger partial charge in [-0.2, -0.15) is 4.39 Å². The lowest BCUT2D eigenvalue weighted by Crippen LogP contribution is -2.16. The molecule has 2 aromatic carbocycles. The Morgan fingerprint density at radius 3 is 2.43 bits per heavy atom. The van der Waals surface area contributed by atoms with Gasteiger partial charge in [0.1, 0.15) is 11.6 Å². The van der Waals surface area contributed by atoms with E-state index >= 15 is 0 Å². The SMILES string of the molecule is O=C(Nc1ccccc1F)c1cc(F)cc([N+](=O)[O-])c1F. The maximum atomic E-state index is 13.8. The number of halogens is 3. The Morgan fingerprint density at radius 2 is 1.81 bits per heavy atom. The first kappa shape index (κ1) is 14.5. The molecule has 0 aliphatic rings. The fraction of sp³-hybridized carbons (Fsp3) is 0. The summed E-state index contributed by atoms with van der Waals surface area (Å²) >= 11 is 0. The number of benzene rings is 2. The molecule has 1 N–H and O–H groups in total. The highest BCUT2D eigenvalue weighted by molar-refractivity contribution is 6.05. The zero-order valence-electron chi connectivity index (χ0n) is 10.3. The molecule has 8 heteroatoms. The third-order valence-corrected chi connectivity index (χ3v) is 2.58. The Balaban J connectivity index is 2.40. The summed E-state index contributed by atoms with van der Waals surface area (Å²) < 4.78 is 40.4. The highest BCUT2D eigenvalue weighted by Gasteiger charge is 2.24. The van der Waals surface area contributed by atoms with E-state index < -0.39 is 39.5 Å². The quantitative estimate of drug-likeness (QED) is 0.698. The van der Waals surface area contributed by atoms with Gasteiger partial charge < -0.3 is 5.32 Å². The number of rotatable bonds is 3. The van der Waals surface area contributed by atoms with E-state index in [-0.39, 0.29) is 5.69 Å². The zero-order valence-corrected chi connectivity index (χ0v) is 10.3. The van der Waals surface area contributed by atoms with Gasteiger partial charge in [-0.25, -0.2) is 8.78 Å². The van der Waals surface area contributed by atoms with E-state index in [2.05, 4.69) is 0 Å². The Morgan fingerprint density at radius 1 is 1.14 bits per heavy atom. The number of hydrogen-bond donors (Lipinski definition) is 1. The molecule has 2 aromatic rings. The van der Waals surface area contributed by atoms with Crippen molar-refractivity contribution < 1.29 is 22.9 Å². The molecule has 21 heavy (non-hydrogen) atoms. The van der Waals surface area contributed by atoms with Crippen molar-refractivity contribution in [3.05, 3.63) is 69.5 Å². The van der Waals surface area contributed by atoms with Gasteiger partial charge in [0, 0.05) is 0 Å². The van der Waals surface area contributed by atoms with E-state index in [1.54, 1.807) is 0 Å². The molecule has 0 heterocycles. The molecule has 108 valence electrons.